The fraction of sp³-hybridized carbons (Fsp3) is 0.0227. The fourth-order valence-electron chi connectivity index (χ4n) is 6.64. The summed E-state index contributed by atoms with van der Waals surface area (Å²) >= 11 is 0. The Labute approximate surface area is 284 Å². The van der Waals surface area contributed by atoms with E-state index in [-0.39, 0.29) is 0 Å². The van der Waals surface area contributed by atoms with Crippen LogP contribution in [0.5, 0.6) is 0 Å². The smallest absolute Gasteiger partial charge is 0.164 e. The number of rotatable bonds is 6. The molecule has 0 N–H and O–H groups in total. The van der Waals surface area contributed by atoms with Gasteiger partial charge in [0, 0.05) is 39.8 Å². The summed E-state index contributed by atoms with van der Waals surface area (Å²) in [7, 11) is 0. The lowest BCUT2D eigenvalue weighted by atomic mass is 9.94. The topological polar surface area (TPSA) is 64.5 Å². The highest BCUT2D eigenvalue weighted by molar-refractivity contribution is 5.83. The minimum absolute atomic E-state index is 0.625. The number of hydrogen-bond donors (Lipinski definition) is 0. The normalized spacial score (nSPS) is 11.6. The number of hydrogen-bond acceptors (Lipinski definition) is 5. The van der Waals surface area contributed by atoms with Crippen molar-refractivity contribution in [2.45, 2.75) is 6.42 Å². The highest BCUT2D eigenvalue weighted by atomic mass is 15.0. The summed E-state index contributed by atoms with van der Waals surface area (Å²) in [5.41, 5.74) is 14.0. The molecule has 0 amide bonds. The molecule has 0 aliphatic heterocycles. The molecular formula is C44H29N5. The molecule has 1 aliphatic rings. The van der Waals surface area contributed by atoms with Gasteiger partial charge >= 0.3 is 0 Å². The standard InChI is InChI=1S/C44H29N5/c1-4-12-29(13-5-1)35-24-36(30-20-22-31(23-21-30)40-39-27-34-18-10-11-19-38(34)41(39)46-28-45-40)26-37(25-35)44-48-42(32-14-6-2-7-15-32)47-43(49-44)33-16-8-3-9-17-33/h1-26,28H,27H2. The largest absolute Gasteiger partial charge is 0.236 e. The van der Waals surface area contributed by atoms with Crippen molar-refractivity contribution in [3.8, 4) is 78.9 Å². The summed E-state index contributed by atoms with van der Waals surface area (Å²) in [6, 6.07) is 54.4. The molecule has 0 radical (unpaired) electrons. The molecule has 0 fully saturated rings. The average Bonchev–Trinajstić information content (AvgIpc) is 3.58. The second kappa shape index (κ2) is 12.2. The molecule has 0 unspecified atom stereocenters. The zero-order valence-electron chi connectivity index (χ0n) is 26.5. The molecule has 5 nitrogen and oxygen atoms in total. The van der Waals surface area contributed by atoms with Gasteiger partial charge in [0.2, 0.25) is 0 Å². The van der Waals surface area contributed by atoms with Gasteiger partial charge in [0.25, 0.3) is 0 Å². The van der Waals surface area contributed by atoms with Gasteiger partial charge in [-0.3, -0.25) is 0 Å². The fourth-order valence-corrected chi connectivity index (χ4v) is 6.64. The maximum Gasteiger partial charge on any atom is 0.164 e. The minimum atomic E-state index is 0.625. The van der Waals surface area contributed by atoms with Crippen LogP contribution in [0.25, 0.3) is 78.9 Å². The third-order valence-electron chi connectivity index (χ3n) is 9.07. The van der Waals surface area contributed by atoms with Crippen molar-refractivity contribution in [1.82, 2.24) is 24.9 Å². The van der Waals surface area contributed by atoms with Crippen LogP contribution < -0.4 is 0 Å². The number of fused-ring (bicyclic) bond motifs is 3. The van der Waals surface area contributed by atoms with Crippen molar-refractivity contribution in [2.75, 3.05) is 0 Å². The lowest BCUT2D eigenvalue weighted by Crippen LogP contribution is -2.00. The summed E-state index contributed by atoms with van der Waals surface area (Å²) < 4.78 is 0. The van der Waals surface area contributed by atoms with E-state index in [4.69, 9.17) is 19.9 Å². The molecule has 49 heavy (non-hydrogen) atoms. The van der Waals surface area contributed by atoms with Crippen molar-refractivity contribution in [3.05, 3.63) is 175 Å². The second-order valence-electron chi connectivity index (χ2n) is 12.2. The van der Waals surface area contributed by atoms with Gasteiger partial charge in [-0.2, -0.15) is 0 Å². The average molecular weight is 628 g/mol. The molecule has 0 atom stereocenters. The molecule has 2 heterocycles. The zero-order valence-corrected chi connectivity index (χ0v) is 26.5. The Morgan fingerprint density at radius 2 is 0.796 bits per heavy atom. The van der Waals surface area contributed by atoms with E-state index in [9.17, 15) is 0 Å². The quantitative estimate of drug-likeness (QED) is 0.184. The van der Waals surface area contributed by atoms with Crippen LogP contribution in [0.3, 0.4) is 0 Å². The molecule has 2 aromatic heterocycles. The Morgan fingerprint density at radius 1 is 0.347 bits per heavy atom. The zero-order chi connectivity index (χ0) is 32.6. The van der Waals surface area contributed by atoms with Crippen LogP contribution in [0, 0.1) is 0 Å². The molecule has 8 aromatic rings. The van der Waals surface area contributed by atoms with Crippen LogP contribution in [-0.4, -0.2) is 24.9 Å². The van der Waals surface area contributed by atoms with Crippen molar-refractivity contribution >= 4 is 0 Å². The lowest BCUT2D eigenvalue weighted by Gasteiger charge is -2.13. The Balaban J connectivity index is 1.16. The van der Waals surface area contributed by atoms with E-state index in [0.717, 1.165) is 62.3 Å². The molecule has 0 saturated heterocycles. The minimum Gasteiger partial charge on any atom is -0.236 e. The SMILES string of the molecule is c1ccc(-c2cc(-c3ccc(-c4ncnc5c4Cc4ccccc4-5)cc3)cc(-c3nc(-c4ccccc4)nc(-c4ccccc4)n3)c2)cc1. The van der Waals surface area contributed by atoms with E-state index in [1.807, 2.05) is 66.7 Å². The van der Waals surface area contributed by atoms with E-state index in [2.05, 4.69) is 96.0 Å². The highest BCUT2D eigenvalue weighted by Gasteiger charge is 2.23. The third kappa shape index (κ3) is 5.47. The van der Waals surface area contributed by atoms with Crippen LogP contribution >= 0.6 is 0 Å². The van der Waals surface area contributed by atoms with Crippen LogP contribution in [0.4, 0.5) is 0 Å². The van der Waals surface area contributed by atoms with Crippen molar-refractivity contribution in [1.29, 1.82) is 0 Å². The third-order valence-corrected chi connectivity index (χ3v) is 9.07. The first kappa shape index (κ1) is 28.6. The van der Waals surface area contributed by atoms with Crippen molar-refractivity contribution in [2.24, 2.45) is 0 Å². The first-order valence-corrected chi connectivity index (χ1v) is 16.4. The van der Waals surface area contributed by atoms with Gasteiger partial charge in [-0.15, -0.1) is 0 Å². The summed E-state index contributed by atoms with van der Waals surface area (Å²) in [4.78, 5) is 24.4. The Morgan fingerprint density at radius 3 is 1.41 bits per heavy atom. The van der Waals surface area contributed by atoms with Gasteiger partial charge in [0.1, 0.15) is 6.33 Å². The van der Waals surface area contributed by atoms with Gasteiger partial charge < -0.3 is 0 Å². The molecule has 6 aromatic carbocycles. The summed E-state index contributed by atoms with van der Waals surface area (Å²) in [5, 5.41) is 0. The molecule has 230 valence electrons. The molecule has 5 heteroatoms. The van der Waals surface area contributed by atoms with Crippen LogP contribution in [0.15, 0.2) is 164 Å². The van der Waals surface area contributed by atoms with Gasteiger partial charge in [-0.05, 0) is 46.0 Å². The highest BCUT2D eigenvalue weighted by Crippen LogP contribution is 2.40. The van der Waals surface area contributed by atoms with Gasteiger partial charge in [-0.25, -0.2) is 24.9 Å². The Bertz CT molecular complexity index is 2380. The van der Waals surface area contributed by atoms with Gasteiger partial charge in [0.05, 0.1) is 11.4 Å². The molecule has 9 rings (SSSR count). The number of benzene rings is 6. The maximum atomic E-state index is 5.04. The second-order valence-corrected chi connectivity index (χ2v) is 12.2. The van der Waals surface area contributed by atoms with E-state index in [1.165, 1.54) is 16.7 Å². The summed E-state index contributed by atoms with van der Waals surface area (Å²) in [6.45, 7) is 0. The van der Waals surface area contributed by atoms with Crippen LogP contribution in [-0.2, 0) is 6.42 Å². The lowest BCUT2D eigenvalue weighted by molar-refractivity contribution is 1.07. The van der Waals surface area contributed by atoms with Crippen molar-refractivity contribution in [3.63, 3.8) is 0 Å². The first-order chi connectivity index (χ1) is 24.3. The Hall–Kier alpha value is -6.59. The van der Waals surface area contributed by atoms with Crippen LogP contribution in [0.2, 0.25) is 0 Å². The summed E-state index contributed by atoms with van der Waals surface area (Å²) in [5.74, 6) is 1.90. The predicted molar refractivity (Wildman–Crippen MR) is 196 cm³/mol. The molecule has 0 spiro atoms. The van der Waals surface area contributed by atoms with Gasteiger partial charge in [0.15, 0.2) is 17.5 Å². The van der Waals surface area contributed by atoms with Gasteiger partial charge in [-0.1, -0.05) is 140 Å². The van der Waals surface area contributed by atoms with E-state index >= 15 is 0 Å². The molecular weight excluding hydrogens is 599 g/mol. The molecule has 0 bridgehead atoms. The summed E-state index contributed by atoms with van der Waals surface area (Å²) in [6.07, 6.45) is 2.52. The molecule has 1 aliphatic carbocycles. The molecule has 0 saturated carbocycles. The first-order valence-electron chi connectivity index (χ1n) is 16.4. The van der Waals surface area contributed by atoms with E-state index in [0.29, 0.717) is 17.5 Å². The van der Waals surface area contributed by atoms with E-state index < -0.39 is 0 Å². The van der Waals surface area contributed by atoms with Crippen molar-refractivity contribution < 1.29 is 0 Å². The predicted octanol–water partition coefficient (Wildman–Crippen LogP) is 10.2. The number of aromatic nitrogens is 5. The van der Waals surface area contributed by atoms with E-state index in [1.54, 1.807) is 6.33 Å². The number of nitrogens with zero attached hydrogens (tertiary/aromatic N) is 5. The van der Waals surface area contributed by atoms with Crippen LogP contribution in [0.1, 0.15) is 11.1 Å². The maximum absolute atomic E-state index is 5.04. The Kier molecular flexibility index (Phi) is 7.13. The monoisotopic (exact) mass is 627 g/mol.